The highest BCUT2D eigenvalue weighted by Gasteiger charge is 2.32. The Morgan fingerprint density at radius 1 is 1.31 bits per heavy atom. The fourth-order valence-electron chi connectivity index (χ4n) is 2.40. The maximum atomic E-state index is 12.5. The number of benzene rings is 1. The summed E-state index contributed by atoms with van der Waals surface area (Å²) >= 11 is 0. The van der Waals surface area contributed by atoms with Crippen LogP contribution < -0.4 is 5.32 Å². The Morgan fingerprint density at radius 2 is 2.00 bits per heavy atom. The average molecular weight is 359 g/mol. The Morgan fingerprint density at radius 3 is 2.58 bits per heavy atom. The molecule has 8 nitrogen and oxygen atoms in total. The van der Waals surface area contributed by atoms with E-state index >= 15 is 0 Å². The van der Waals surface area contributed by atoms with E-state index in [1.54, 1.807) is 0 Å². The number of nitrogens with zero attached hydrogens (tertiary/aromatic N) is 2. The van der Waals surface area contributed by atoms with Crippen molar-refractivity contribution in [2.24, 2.45) is 0 Å². The van der Waals surface area contributed by atoms with Crippen LogP contribution in [0.3, 0.4) is 0 Å². The van der Waals surface area contributed by atoms with Gasteiger partial charge in [-0.05, 0) is 24.8 Å². The van der Waals surface area contributed by atoms with E-state index in [9.17, 15) is 19.5 Å². The predicted molar refractivity (Wildman–Crippen MR) is 91.5 cm³/mol. The van der Waals surface area contributed by atoms with E-state index < -0.39 is 29.8 Å². The standard InChI is InChI=1S/C18H21N3O5/c19-20-11-13(22)6-9-15(18(24)25)21-17(23)16(26-14-7-8-14)10-12-4-2-1-3-5-12/h1-5,11,14-16H,6-10H2,(H,21,23)(H,24,25). The Hall–Kier alpha value is -2.83. The first-order valence-corrected chi connectivity index (χ1v) is 8.42. The van der Waals surface area contributed by atoms with Gasteiger partial charge < -0.3 is 20.7 Å². The molecule has 1 aliphatic rings. The topological polar surface area (TPSA) is 129 Å². The lowest BCUT2D eigenvalue weighted by molar-refractivity contribution is -0.145. The summed E-state index contributed by atoms with van der Waals surface area (Å²) in [6, 6.07) is 8.11. The Bertz CT molecular complexity index is 696. The van der Waals surface area contributed by atoms with Crippen LogP contribution >= 0.6 is 0 Å². The number of hydrogen-bond acceptors (Lipinski definition) is 4. The number of carboxylic acid groups (broad SMARTS) is 1. The molecule has 0 bridgehead atoms. The first-order valence-electron chi connectivity index (χ1n) is 8.42. The molecule has 2 atom stereocenters. The number of ketones is 1. The molecule has 2 unspecified atom stereocenters. The minimum atomic E-state index is -1.24. The smallest absolute Gasteiger partial charge is 0.326 e. The fraction of sp³-hybridized carbons (Fsp3) is 0.444. The summed E-state index contributed by atoms with van der Waals surface area (Å²) in [5, 5.41) is 11.7. The van der Waals surface area contributed by atoms with E-state index in [0.29, 0.717) is 12.6 Å². The van der Waals surface area contributed by atoms with E-state index in [0.717, 1.165) is 18.4 Å². The molecule has 0 spiro atoms. The largest absolute Gasteiger partial charge is 0.480 e. The molecule has 1 fully saturated rings. The normalized spacial score (nSPS) is 15.4. The zero-order chi connectivity index (χ0) is 18.9. The summed E-state index contributed by atoms with van der Waals surface area (Å²) in [5.41, 5.74) is 9.22. The second kappa shape index (κ2) is 9.60. The third-order valence-corrected chi connectivity index (χ3v) is 3.93. The van der Waals surface area contributed by atoms with Crippen molar-refractivity contribution in [3.05, 3.63) is 41.4 Å². The molecule has 138 valence electrons. The van der Waals surface area contributed by atoms with E-state index in [2.05, 4.69) is 10.1 Å². The van der Waals surface area contributed by atoms with Gasteiger partial charge >= 0.3 is 12.2 Å². The first kappa shape index (κ1) is 19.5. The second-order valence-corrected chi connectivity index (χ2v) is 6.16. The number of Topliss-reactive ketones (excluding diaryl/α,β-unsaturated/α-hetero) is 1. The lowest BCUT2D eigenvalue weighted by Crippen LogP contribution is -2.47. The van der Waals surface area contributed by atoms with Gasteiger partial charge in [0, 0.05) is 12.8 Å². The number of rotatable bonds is 11. The van der Waals surface area contributed by atoms with Crippen molar-refractivity contribution >= 4 is 23.9 Å². The van der Waals surface area contributed by atoms with Gasteiger partial charge in [-0.25, -0.2) is 4.79 Å². The molecule has 2 rings (SSSR count). The summed E-state index contributed by atoms with van der Waals surface area (Å²) < 4.78 is 5.75. The number of carbonyl (C=O) groups is 3. The van der Waals surface area contributed by atoms with Crippen LogP contribution in [0.25, 0.3) is 5.53 Å². The fourth-order valence-corrected chi connectivity index (χ4v) is 2.40. The van der Waals surface area contributed by atoms with Gasteiger partial charge in [0.1, 0.15) is 12.1 Å². The van der Waals surface area contributed by atoms with E-state index in [-0.39, 0.29) is 18.9 Å². The van der Waals surface area contributed by atoms with Crippen molar-refractivity contribution in [3.8, 4) is 0 Å². The average Bonchev–Trinajstić information content (AvgIpc) is 3.43. The Balaban J connectivity index is 1.99. The molecular formula is C18H21N3O5. The second-order valence-electron chi connectivity index (χ2n) is 6.16. The molecule has 1 saturated carbocycles. The van der Waals surface area contributed by atoms with Gasteiger partial charge in [-0.15, -0.1) is 0 Å². The minimum absolute atomic E-state index is 0.0279. The lowest BCUT2D eigenvalue weighted by atomic mass is 10.1. The SMILES string of the molecule is [N-]=[N+]=CC(=O)CCC(NC(=O)C(Cc1ccccc1)OC1CC1)C(=O)O. The van der Waals surface area contributed by atoms with Crippen LogP contribution in [0.1, 0.15) is 31.2 Å². The minimum Gasteiger partial charge on any atom is -0.480 e. The summed E-state index contributed by atoms with van der Waals surface area (Å²) in [6.07, 6.45) is 1.79. The number of ether oxygens (including phenoxy) is 1. The molecule has 26 heavy (non-hydrogen) atoms. The molecule has 0 saturated heterocycles. The van der Waals surface area contributed by atoms with Crippen LogP contribution in [0.2, 0.25) is 0 Å². The van der Waals surface area contributed by atoms with Gasteiger partial charge in [-0.2, -0.15) is 4.79 Å². The summed E-state index contributed by atoms with van der Waals surface area (Å²) in [5.74, 6) is -2.28. The van der Waals surface area contributed by atoms with Gasteiger partial charge in [0.25, 0.3) is 0 Å². The lowest BCUT2D eigenvalue weighted by Gasteiger charge is -2.20. The third kappa shape index (κ3) is 6.58. The molecule has 0 aromatic heterocycles. The molecule has 2 N–H and O–H groups in total. The molecule has 1 amide bonds. The monoisotopic (exact) mass is 359 g/mol. The summed E-state index contributed by atoms with van der Waals surface area (Å²) in [7, 11) is 0. The van der Waals surface area contributed by atoms with E-state index in [1.165, 1.54) is 0 Å². The molecule has 1 aromatic rings. The van der Waals surface area contributed by atoms with Crippen LogP contribution in [-0.2, 0) is 25.5 Å². The molecule has 1 aromatic carbocycles. The molecular weight excluding hydrogens is 338 g/mol. The molecule has 0 heterocycles. The number of nitrogens with one attached hydrogen (secondary N) is 1. The zero-order valence-corrected chi connectivity index (χ0v) is 14.2. The molecule has 0 aliphatic heterocycles. The number of carbonyl (C=O) groups excluding carboxylic acids is 2. The van der Waals surface area contributed by atoms with Crippen molar-refractivity contribution in [2.75, 3.05) is 0 Å². The van der Waals surface area contributed by atoms with Gasteiger partial charge in [0.15, 0.2) is 0 Å². The van der Waals surface area contributed by atoms with Crippen LogP contribution in [0.15, 0.2) is 30.3 Å². The van der Waals surface area contributed by atoms with Crippen molar-refractivity contribution in [1.82, 2.24) is 5.32 Å². The zero-order valence-electron chi connectivity index (χ0n) is 14.2. The quantitative estimate of drug-likeness (QED) is 0.346. The maximum Gasteiger partial charge on any atom is 0.326 e. The highest BCUT2D eigenvalue weighted by atomic mass is 16.5. The molecule has 1 aliphatic carbocycles. The van der Waals surface area contributed by atoms with Crippen LogP contribution in [-0.4, -0.2) is 52.0 Å². The van der Waals surface area contributed by atoms with Crippen molar-refractivity contribution in [2.45, 2.75) is 50.4 Å². The third-order valence-electron chi connectivity index (χ3n) is 3.93. The Kier molecular flexibility index (Phi) is 7.20. The van der Waals surface area contributed by atoms with Crippen molar-refractivity contribution in [1.29, 1.82) is 0 Å². The van der Waals surface area contributed by atoms with Gasteiger partial charge in [0.05, 0.1) is 6.10 Å². The summed E-state index contributed by atoms with van der Waals surface area (Å²) in [6.45, 7) is 0. The highest BCUT2D eigenvalue weighted by Crippen LogP contribution is 2.26. The van der Waals surface area contributed by atoms with E-state index in [1.807, 2.05) is 30.3 Å². The van der Waals surface area contributed by atoms with Crippen LogP contribution in [0.4, 0.5) is 0 Å². The Labute approximate surface area is 150 Å². The van der Waals surface area contributed by atoms with E-state index in [4.69, 9.17) is 10.3 Å². The molecule has 8 heteroatoms. The number of hydrogen-bond donors (Lipinski definition) is 2. The van der Waals surface area contributed by atoms with Gasteiger partial charge in [0.2, 0.25) is 11.7 Å². The highest BCUT2D eigenvalue weighted by molar-refractivity contribution is 6.25. The maximum absolute atomic E-state index is 12.5. The predicted octanol–water partition coefficient (Wildman–Crippen LogP) is 0.996. The van der Waals surface area contributed by atoms with Crippen molar-refractivity contribution in [3.63, 3.8) is 0 Å². The molecule has 0 radical (unpaired) electrons. The van der Waals surface area contributed by atoms with Gasteiger partial charge in [-0.1, -0.05) is 30.3 Å². The first-order chi connectivity index (χ1) is 12.5. The number of carboxylic acids is 1. The number of amides is 1. The van der Waals surface area contributed by atoms with Crippen molar-refractivity contribution < 1.29 is 29.0 Å². The van der Waals surface area contributed by atoms with Gasteiger partial charge in [-0.3, -0.25) is 9.59 Å². The van der Waals surface area contributed by atoms with Crippen LogP contribution in [0.5, 0.6) is 0 Å². The van der Waals surface area contributed by atoms with Crippen LogP contribution in [0, 0.1) is 0 Å². The summed E-state index contributed by atoms with van der Waals surface area (Å²) in [4.78, 5) is 37.9. The number of aliphatic carboxylic acids is 1.